The zero-order valence-corrected chi connectivity index (χ0v) is 29.1. The summed E-state index contributed by atoms with van der Waals surface area (Å²) in [4.78, 5) is 20.2. The molecular weight excluding hydrogens is 657 g/mol. The fourth-order valence-corrected chi connectivity index (χ4v) is 7.97. The van der Waals surface area contributed by atoms with Gasteiger partial charge in [0.15, 0.2) is 0 Å². The second kappa shape index (κ2) is 12.1. The standard InChI is InChI=1S/C50H30N4/c1-2-10-38-31(7-1)8-5-13-41(38)45-27-21-37-29-35(20-24-44(37)52-45)36-17-14-32-18-25-46(53-48(32)30-36)42-22-23-43(40-12-4-3-11-39(40)42)47-26-19-34-16-15-33-9-6-28-51-49(33)50(34)54-47/h1-30H. The summed E-state index contributed by atoms with van der Waals surface area (Å²) in [6.45, 7) is 0. The molecule has 0 radical (unpaired) electrons. The minimum absolute atomic E-state index is 0.916. The van der Waals surface area contributed by atoms with Crippen LogP contribution in [-0.4, -0.2) is 19.9 Å². The van der Waals surface area contributed by atoms with Crippen LogP contribution in [0.1, 0.15) is 0 Å². The van der Waals surface area contributed by atoms with E-state index in [0.717, 1.165) is 99.3 Å². The van der Waals surface area contributed by atoms with E-state index in [1.54, 1.807) is 0 Å². The third kappa shape index (κ3) is 5.00. The van der Waals surface area contributed by atoms with Gasteiger partial charge in [0.25, 0.3) is 0 Å². The van der Waals surface area contributed by atoms with E-state index in [1.165, 1.54) is 10.8 Å². The molecule has 0 amide bonds. The average Bonchev–Trinajstić information content (AvgIpc) is 3.25. The van der Waals surface area contributed by atoms with Gasteiger partial charge in [-0.05, 0) is 75.1 Å². The molecule has 7 aromatic carbocycles. The van der Waals surface area contributed by atoms with E-state index in [9.17, 15) is 0 Å². The van der Waals surface area contributed by atoms with Crippen LogP contribution < -0.4 is 0 Å². The highest BCUT2D eigenvalue weighted by Crippen LogP contribution is 2.37. The van der Waals surface area contributed by atoms with E-state index in [1.807, 2.05) is 12.3 Å². The van der Waals surface area contributed by atoms with Crippen LogP contribution >= 0.6 is 0 Å². The first-order valence-corrected chi connectivity index (χ1v) is 18.2. The SMILES string of the molecule is c1ccc2c(-c3ccc4cc(-c5ccc6ccc(-c7ccc(-c8ccc9ccc%10cccnc%10c9n8)c8ccccc78)nc6c5)ccc4n3)cccc2c1. The van der Waals surface area contributed by atoms with Crippen molar-refractivity contribution >= 4 is 65.2 Å². The number of benzene rings is 7. The Bertz CT molecular complexity index is 3290. The Labute approximate surface area is 311 Å². The number of rotatable bonds is 4. The van der Waals surface area contributed by atoms with Gasteiger partial charge in [-0.15, -0.1) is 0 Å². The van der Waals surface area contributed by atoms with Gasteiger partial charge in [-0.3, -0.25) is 4.98 Å². The average molecular weight is 687 g/mol. The smallest absolute Gasteiger partial charge is 0.0972 e. The summed E-state index contributed by atoms with van der Waals surface area (Å²) in [5.41, 5.74) is 12.2. The van der Waals surface area contributed by atoms with Crippen molar-refractivity contribution in [1.29, 1.82) is 0 Å². The van der Waals surface area contributed by atoms with Gasteiger partial charge in [-0.2, -0.15) is 0 Å². The van der Waals surface area contributed by atoms with Gasteiger partial charge in [-0.25, -0.2) is 15.0 Å². The number of hydrogen-bond donors (Lipinski definition) is 0. The van der Waals surface area contributed by atoms with Gasteiger partial charge in [0, 0.05) is 44.4 Å². The Morgan fingerprint density at radius 2 is 0.852 bits per heavy atom. The molecule has 0 bridgehead atoms. The van der Waals surface area contributed by atoms with E-state index in [2.05, 4.69) is 175 Å². The van der Waals surface area contributed by atoms with Crippen LogP contribution in [0.5, 0.6) is 0 Å². The lowest BCUT2D eigenvalue weighted by Crippen LogP contribution is -1.92. The number of hydrogen-bond acceptors (Lipinski definition) is 4. The molecule has 0 fully saturated rings. The first-order valence-electron chi connectivity index (χ1n) is 18.2. The van der Waals surface area contributed by atoms with Gasteiger partial charge < -0.3 is 0 Å². The van der Waals surface area contributed by atoms with Crippen LogP contribution in [0.2, 0.25) is 0 Å². The zero-order chi connectivity index (χ0) is 35.6. The molecule has 0 saturated carbocycles. The Morgan fingerprint density at radius 1 is 0.296 bits per heavy atom. The fourth-order valence-electron chi connectivity index (χ4n) is 7.97. The Balaban J connectivity index is 0.964. The molecule has 0 N–H and O–H groups in total. The Kier molecular flexibility index (Phi) is 6.82. The number of nitrogens with zero attached hydrogens (tertiary/aromatic N) is 4. The summed E-state index contributed by atoms with van der Waals surface area (Å²) in [5.74, 6) is 0. The summed E-state index contributed by atoms with van der Waals surface area (Å²) in [6.07, 6.45) is 1.84. The van der Waals surface area contributed by atoms with Crippen LogP contribution in [0.4, 0.5) is 0 Å². The van der Waals surface area contributed by atoms with E-state index >= 15 is 0 Å². The molecule has 4 aromatic heterocycles. The summed E-state index contributed by atoms with van der Waals surface area (Å²) < 4.78 is 0. The maximum Gasteiger partial charge on any atom is 0.0972 e. The lowest BCUT2D eigenvalue weighted by molar-refractivity contribution is 1.37. The molecule has 0 aliphatic rings. The zero-order valence-electron chi connectivity index (χ0n) is 29.1. The monoisotopic (exact) mass is 686 g/mol. The van der Waals surface area contributed by atoms with Crippen molar-refractivity contribution in [3.63, 3.8) is 0 Å². The normalized spacial score (nSPS) is 11.7. The van der Waals surface area contributed by atoms with E-state index in [-0.39, 0.29) is 0 Å². The van der Waals surface area contributed by atoms with Gasteiger partial charge in [0.05, 0.1) is 39.1 Å². The van der Waals surface area contributed by atoms with Crippen molar-refractivity contribution in [2.75, 3.05) is 0 Å². The molecule has 250 valence electrons. The molecule has 11 aromatic rings. The van der Waals surface area contributed by atoms with E-state index in [0.29, 0.717) is 0 Å². The van der Waals surface area contributed by atoms with Crippen molar-refractivity contribution in [2.45, 2.75) is 0 Å². The number of pyridine rings is 4. The predicted molar refractivity (Wildman–Crippen MR) is 224 cm³/mol. The molecular formula is C50H30N4. The molecule has 0 aliphatic carbocycles. The highest BCUT2D eigenvalue weighted by atomic mass is 14.8. The van der Waals surface area contributed by atoms with Gasteiger partial charge in [0.1, 0.15) is 0 Å². The van der Waals surface area contributed by atoms with Crippen LogP contribution in [0, 0.1) is 0 Å². The van der Waals surface area contributed by atoms with Gasteiger partial charge in [-0.1, -0.05) is 133 Å². The number of aromatic nitrogens is 4. The second-order valence-electron chi connectivity index (χ2n) is 13.8. The molecule has 54 heavy (non-hydrogen) atoms. The van der Waals surface area contributed by atoms with Crippen molar-refractivity contribution in [1.82, 2.24) is 19.9 Å². The first kappa shape index (κ1) is 30.3. The van der Waals surface area contributed by atoms with Crippen molar-refractivity contribution in [3.8, 4) is 44.9 Å². The summed E-state index contributed by atoms with van der Waals surface area (Å²) in [6, 6.07) is 62.0. The maximum atomic E-state index is 5.26. The highest BCUT2D eigenvalue weighted by molar-refractivity contribution is 6.07. The highest BCUT2D eigenvalue weighted by Gasteiger charge is 2.14. The maximum absolute atomic E-state index is 5.26. The van der Waals surface area contributed by atoms with Gasteiger partial charge in [0.2, 0.25) is 0 Å². The number of fused-ring (bicyclic) bond motifs is 7. The minimum atomic E-state index is 0.916. The quantitative estimate of drug-likeness (QED) is 0.173. The Hall–Kier alpha value is -7.30. The Morgan fingerprint density at radius 3 is 1.67 bits per heavy atom. The molecule has 11 rings (SSSR count). The molecule has 0 spiro atoms. The van der Waals surface area contributed by atoms with E-state index < -0.39 is 0 Å². The molecule has 0 atom stereocenters. The van der Waals surface area contributed by atoms with Crippen LogP contribution in [0.3, 0.4) is 0 Å². The molecule has 4 heterocycles. The fraction of sp³-hybridized carbons (Fsp3) is 0. The predicted octanol–water partition coefficient (Wildman–Crippen LogP) is 12.9. The largest absolute Gasteiger partial charge is 0.254 e. The summed E-state index contributed by atoms with van der Waals surface area (Å²) in [7, 11) is 0. The van der Waals surface area contributed by atoms with Crippen molar-refractivity contribution in [3.05, 3.63) is 182 Å². The lowest BCUT2D eigenvalue weighted by atomic mass is 9.95. The van der Waals surface area contributed by atoms with Gasteiger partial charge >= 0.3 is 0 Å². The molecule has 4 heteroatoms. The molecule has 0 saturated heterocycles. The second-order valence-corrected chi connectivity index (χ2v) is 13.8. The van der Waals surface area contributed by atoms with Crippen LogP contribution in [-0.2, 0) is 0 Å². The van der Waals surface area contributed by atoms with Crippen molar-refractivity contribution in [2.24, 2.45) is 0 Å². The van der Waals surface area contributed by atoms with E-state index in [4.69, 9.17) is 15.0 Å². The topological polar surface area (TPSA) is 51.6 Å². The van der Waals surface area contributed by atoms with Crippen molar-refractivity contribution < 1.29 is 0 Å². The minimum Gasteiger partial charge on any atom is -0.254 e. The summed E-state index contributed by atoms with van der Waals surface area (Å²) in [5, 5.41) is 9.09. The lowest BCUT2D eigenvalue weighted by Gasteiger charge is -2.13. The molecule has 0 aliphatic heterocycles. The molecule has 0 unspecified atom stereocenters. The summed E-state index contributed by atoms with van der Waals surface area (Å²) >= 11 is 0. The van der Waals surface area contributed by atoms with Crippen LogP contribution in [0.15, 0.2) is 182 Å². The third-order valence-electron chi connectivity index (χ3n) is 10.7. The van der Waals surface area contributed by atoms with Crippen LogP contribution in [0.25, 0.3) is 110 Å². The third-order valence-corrected chi connectivity index (χ3v) is 10.7. The molecule has 4 nitrogen and oxygen atoms in total. The first-order chi connectivity index (χ1) is 26.7.